The van der Waals surface area contributed by atoms with E-state index in [4.69, 9.17) is 10.5 Å². The van der Waals surface area contributed by atoms with E-state index in [1.54, 1.807) is 4.90 Å². The number of rotatable bonds is 3. The molecule has 2 aromatic carbocycles. The van der Waals surface area contributed by atoms with Gasteiger partial charge in [-0.25, -0.2) is 0 Å². The largest absolute Gasteiger partial charge is 0.490 e. The molecule has 0 aliphatic carbocycles. The van der Waals surface area contributed by atoms with Gasteiger partial charge in [-0.3, -0.25) is 4.79 Å². The van der Waals surface area contributed by atoms with Gasteiger partial charge in [-0.15, -0.1) is 0 Å². The number of aryl methyl sites for hydroxylation is 1. The second kappa shape index (κ2) is 6.42. The van der Waals surface area contributed by atoms with Crippen molar-refractivity contribution in [3.8, 4) is 5.75 Å². The Morgan fingerprint density at radius 2 is 1.96 bits per heavy atom. The number of ether oxygens (including phenoxy) is 1. The van der Waals surface area contributed by atoms with Gasteiger partial charge in [0, 0.05) is 6.04 Å². The first-order chi connectivity index (χ1) is 11.1. The monoisotopic (exact) mass is 310 g/mol. The van der Waals surface area contributed by atoms with Gasteiger partial charge < -0.3 is 15.4 Å². The summed E-state index contributed by atoms with van der Waals surface area (Å²) in [6, 6.07) is 15.4. The van der Waals surface area contributed by atoms with E-state index in [1.807, 2.05) is 62.4 Å². The van der Waals surface area contributed by atoms with Gasteiger partial charge in [-0.1, -0.05) is 43.3 Å². The Morgan fingerprint density at radius 3 is 2.70 bits per heavy atom. The van der Waals surface area contributed by atoms with Crippen LogP contribution < -0.4 is 15.4 Å². The number of carbonyl (C=O) groups excluding carboxylic acids is 1. The number of nitrogens with two attached hydrogens (primary N) is 1. The van der Waals surface area contributed by atoms with E-state index >= 15 is 0 Å². The lowest BCUT2D eigenvalue weighted by molar-refractivity contribution is -0.122. The zero-order valence-corrected chi connectivity index (χ0v) is 13.5. The minimum Gasteiger partial charge on any atom is -0.490 e. The van der Waals surface area contributed by atoms with Gasteiger partial charge in [0.05, 0.1) is 18.2 Å². The summed E-state index contributed by atoms with van der Waals surface area (Å²) >= 11 is 0. The lowest BCUT2D eigenvalue weighted by atomic mass is 9.94. The van der Waals surface area contributed by atoms with Crippen LogP contribution in [0, 0.1) is 12.8 Å². The Labute approximate surface area is 136 Å². The zero-order chi connectivity index (χ0) is 16.4. The molecule has 2 unspecified atom stereocenters. The van der Waals surface area contributed by atoms with Crippen molar-refractivity contribution < 1.29 is 9.53 Å². The van der Waals surface area contributed by atoms with Crippen LogP contribution in [0.4, 0.5) is 5.69 Å². The first-order valence-electron chi connectivity index (χ1n) is 7.93. The van der Waals surface area contributed by atoms with Crippen LogP contribution in [-0.4, -0.2) is 19.1 Å². The van der Waals surface area contributed by atoms with E-state index < -0.39 is 0 Å². The highest BCUT2D eigenvalue weighted by Gasteiger charge is 2.30. The fourth-order valence-corrected chi connectivity index (χ4v) is 2.92. The van der Waals surface area contributed by atoms with Crippen LogP contribution in [0.3, 0.4) is 0 Å². The molecule has 1 aliphatic heterocycles. The van der Waals surface area contributed by atoms with Crippen LogP contribution in [0.5, 0.6) is 5.75 Å². The quantitative estimate of drug-likeness (QED) is 0.948. The summed E-state index contributed by atoms with van der Waals surface area (Å²) in [5.74, 6) is 0.504. The average molecular weight is 310 g/mol. The molecule has 120 valence electrons. The van der Waals surface area contributed by atoms with Gasteiger partial charge in [0.25, 0.3) is 0 Å². The lowest BCUT2D eigenvalue weighted by Gasteiger charge is -2.33. The number of amides is 1. The number of carbonyl (C=O) groups is 1. The fourth-order valence-electron chi connectivity index (χ4n) is 2.92. The maximum atomic E-state index is 13.0. The molecule has 1 aliphatic rings. The number of nitrogens with zero attached hydrogens (tertiary/aromatic N) is 1. The van der Waals surface area contributed by atoms with Crippen molar-refractivity contribution in [3.05, 3.63) is 59.7 Å². The van der Waals surface area contributed by atoms with Crippen molar-refractivity contribution in [1.82, 2.24) is 0 Å². The molecule has 0 radical (unpaired) electrons. The van der Waals surface area contributed by atoms with Crippen LogP contribution in [0.25, 0.3) is 0 Å². The van der Waals surface area contributed by atoms with Gasteiger partial charge in [-0.2, -0.15) is 0 Å². The third-order valence-corrected chi connectivity index (χ3v) is 4.36. The molecular formula is C19H22N2O2. The summed E-state index contributed by atoms with van der Waals surface area (Å²) in [4.78, 5) is 14.7. The molecule has 1 heterocycles. The molecule has 1 amide bonds. The van der Waals surface area contributed by atoms with E-state index in [2.05, 4.69) is 0 Å². The van der Waals surface area contributed by atoms with Crippen molar-refractivity contribution in [2.24, 2.45) is 11.7 Å². The Kier molecular flexibility index (Phi) is 4.35. The minimum absolute atomic E-state index is 0.0368. The predicted molar refractivity (Wildman–Crippen MR) is 91.6 cm³/mol. The summed E-state index contributed by atoms with van der Waals surface area (Å²) in [6.45, 7) is 4.97. The third kappa shape index (κ3) is 3.08. The van der Waals surface area contributed by atoms with Crippen LogP contribution in [-0.2, 0) is 4.79 Å². The summed E-state index contributed by atoms with van der Waals surface area (Å²) in [5.41, 5.74) is 9.24. The molecule has 0 spiro atoms. The van der Waals surface area contributed by atoms with Gasteiger partial charge in [0.1, 0.15) is 12.4 Å². The van der Waals surface area contributed by atoms with Crippen molar-refractivity contribution >= 4 is 11.6 Å². The van der Waals surface area contributed by atoms with Gasteiger partial charge in [0.15, 0.2) is 0 Å². The van der Waals surface area contributed by atoms with E-state index in [-0.39, 0.29) is 17.9 Å². The van der Waals surface area contributed by atoms with Crippen molar-refractivity contribution in [2.45, 2.75) is 19.9 Å². The van der Waals surface area contributed by atoms with Gasteiger partial charge in [-0.05, 0) is 30.2 Å². The summed E-state index contributed by atoms with van der Waals surface area (Å²) < 4.78 is 5.68. The molecule has 23 heavy (non-hydrogen) atoms. The number of hydrogen-bond acceptors (Lipinski definition) is 3. The summed E-state index contributed by atoms with van der Waals surface area (Å²) in [5, 5.41) is 0. The minimum atomic E-state index is -0.319. The molecule has 0 bridgehead atoms. The smallest absolute Gasteiger partial charge is 0.231 e. The maximum Gasteiger partial charge on any atom is 0.231 e. The highest BCUT2D eigenvalue weighted by Crippen LogP contribution is 2.34. The Morgan fingerprint density at radius 1 is 1.22 bits per heavy atom. The molecule has 2 aromatic rings. The van der Waals surface area contributed by atoms with Crippen molar-refractivity contribution in [3.63, 3.8) is 0 Å². The second-order valence-electron chi connectivity index (χ2n) is 6.03. The van der Waals surface area contributed by atoms with Crippen LogP contribution in [0.1, 0.15) is 24.1 Å². The molecule has 0 saturated heterocycles. The van der Waals surface area contributed by atoms with Gasteiger partial charge in [0.2, 0.25) is 5.91 Å². The average Bonchev–Trinajstić information content (AvgIpc) is 2.59. The van der Waals surface area contributed by atoms with E-state index in [0.717, 1.165) is 22.6 Å². The van der Waals surface area contributed by atoms with Crippen LogP contribution in [0.15, 0.2) is 48.5 Å². The lowest BCUT2D eigenvalue weighted by Crippen LogP contribution is -2.43. The molecule has 2 atom stereocenters. The Hall–Kier alpha value is -2.33. The molecular weight excluding hydrogens is 288 g/mol. The summed E-state index contributed by atoms with van der Waals surface area (Å²) in [7, 11) is 0. The van der Waals surface area contributed by atoms with Gasteiger partial charge >= 0.3 is 0 Å². The molecule has 0 aromatic heterocycles. The first kappa shape index (κ1) is 15.6. The fraction of sp³-hybridized carbons (Fsp3) is 0.316. The Balaban J connectivity index is 1.84. The van der Waals surface area contributed by atoms with E-state index in [1.165, 1.54) is 0 Å². The number of hydrogen-bond donors (Lipinski definition) is 1. The molecule has 2 N–H and O–H groups in total. The van der Waals surface area contributed by atoms with Crippen LogP contribution >= 0.6 is 0 Å². The predicted octanol–water partition coefficient (Wildman–Crippen LogP) is 3.06. The summed E-state index contributed by atoms with van der Waals surface area (Å²) in [6.07, 6.45) is 0. The highest BCUT2D eigenvalue weighted by atomic mass is 16.5. The standard InChI is InChI=1S/C19H22N2O2/c1-13-8-9-16-17(12-13)23-11-10-21(16)19(22)14(2)18(20)15-6-4-3-5-7-15/h3-9,12,14,18H,10-11,20H2,1-2H3. The number of fused-ring (bicyclic) bond motifs is 1. The SMILES string of the molecule is Cc1ccc2c(c1)OCCN2C(=O)C(C)C(N)c1ccccc1. The Bertz CT molecular complexity index is 700. The van der Waals surface area contributed by atoms with Crippen LogP contribution in [0.2, 0.25) is 0 Å². The topological polar surface area (TPSA) is 55.6 Å². The second-order valence-corrected chi connectivity index (χ2v) is 6.03. The third-order valence-electron chi connectivity index (χ3n) is 4.36. The highest BCUT2D eigenvalue weighted by molar-refractivity contribution is 5.97. The number of anilines is 1. The molecule has 4 heteroatoms. The first-order valence-corrected chi connectivity index (χ1v) is 7.93. The molecule has 3 rings (SSSR count). The van der Waals surface area contributed by atoms with E-state index in [0.29, 0.717) is 13.2 Å². The van der Waals surface area contributed by atoms with E-state index in [9.17, 15) is 4.79 Å². The van der Waals surface area contributed by atoms with Crippen molar-refractivity contribution in [2.75, 3.05) is 18.1 Å². The number of benzene rings is 2. The molecule has 0 saturated carbocycles. The maximum absolute atomic E-state index is 13.0. The van der Waals surface area contributed by atoms with Crippen molar-refractivity contribution in [1.29, 1.82) is 0 Å². The normalized spacial score (nSPS) is 16.2. The molecule has 4 nitrogen and oxygen atoms in total. The molecule has 0 fully saturated rings. The zero-order valence-electron chi connectivity index (χ0n) is 13.5.